The van der Waals surface area contributed by atoms with Crippen molar-refractivity contribution in [2.45, 2.75) is 51.7 Å². The van der Waals surface area contributed by atoms with Crippen LogP contribution in [0.4, 0.5) is 0 Å². The molecule has 20 heavy (non-hydrogen) atoms. The average Bonchev–Trinajstić information content (AvgIpc) is 2.46. The molecular weight excluding hydrogens is 318 g/mol. The van der Waals surface area contributed by atoms with Gasteiger partial charge < -0.3 is 9.64 Å². The number of nitrogens with zero attached hydrogens (tertiary/aromatic N) is 1. The van der Waals surface area contributed by atoms with Gasteiger partial charge >= 0.3 is 0 Å². The first kappa shape index (κ1) is 15.4. The molecule has 1 heterocycles. The first-order valence-electron chi connectivity index (χ1n) is 7.34. The Hall–Kier alpha value is -1.03. The Morgan fingerprint density at radius 2 is 2.30 bits per heavy atom. The van der Waals surface area contributed by atoms with Crippen molar-refractivity contribution in [3.63, 3.8) is 0 Å². The van der Waals surface area contributed by atoms with E-state index in [9.17, 15) is 4.79 Å². The predicted octanol–water partition coefficient (Wildman–Crippen LogP) is 4.01. The molecule has 1 amide bonds. The van der Waals surface area contributed by atoms with Gasteiger partial charge in [-0.1, -0.05) is 28.9 Å². The molecule has 1 aromatic rings. The maximum absolute atomic E-state index is 12.5. The SMILES string of the molecule is CCC1CCCCN1C(=O)C(C)Oc1cccc(Br)c1. The number of benzene rings is 1. The van der Waals surface area contributed by atoms with Crippen molar-refractivity contribution in [1.29, 1.82) is 0 Å². The lowest BCUT2D eigenvalue weighted by Crippen LogP contribution is -2.48. The Morgan fingerprint density at radius 3 is 3.00 bits per heavy atom. The van der Waals surface area contributed by atoms with Crippen molar-refractivity contribution in [2.75, 3.05) is 6.54 Å². The highest BCUT2D eigenvalue weighted by Gasteiger charge is 2.29. The van der Waals surface area contributed by atoms with Crippen LogP contribution in [0, 0.1) is 0 Å². The molecule has 2 rings (SSSR count). The number of hydrogen-bond donors (Lipinski definition) is 0. The number of carbonyl (C=O) groups is 1. The number of ether oxygens (including phenoxy) is 1. The second-order valence-electron chi connectivity index (χ2n) is 5.31. The molecular formula is C16H22BrNO2. The summed E-state index contributed by atoms with van der Waals surface area (Å²) in [6, 6.07) is 7.99. The maximum Gasteiger partial charge on any atom is 0.263 e. The number of amides is 1. The zero-order valence-corrected chi connectivity index (χ0v) is 13.7. The van der Waals surface area contributed by atoms with Gasteiger partial charge in [-0.15, -0.1) is 0 Å². The summed E-state index contributed by atoms with van der Waals surface area (Å²) in [5.74, 6) is 0.835. The quantitative estimate of drug-likeness (QED) is 0.829. The largest absolute Gasteiger partial charge is 0.481 e. The minimum Gasteiger partial charge on any atom is -0.481 e. The van der Waals surface area contributed by atoms with Crippen LogP contribution in [0.3, 0.4) is 0 Å². The number of piperidine rings is 1. The van der Waals surface area contributed by atoms with Crippen molar-refractivity contribution in [1.82, 2.24) is 4.90 Å². The van der Waals surface area contributed by atoms with Crippen molar-refractivity contribution >= 4 is 21.8 Å². The summed E-state index contributed by atoms with van der Waals surface area (Å²) in [6.45, 7) is 4.85. The third-order valence-electron chi connectivity index (χ3n) is 3.84. The summed E-state index contributed by atoms with van der Waals surface area (Å²) < 4.78 is 6.74. The predicted molar refractivity (Wildman–Crippen MR) is 83.9 cm³/mol. The van der Waals surface area contributed by atoms with E-state index in [1.165, 1.54) is 6.42 Å². The lowest BCUT2D eigenvalue weighted by Gasteiger charge is -2.36. The van der Waals surface area contributed by atoms with Gasteiger partial charge in [0.05, 0.1) is 0 Å². The van der Waals surface area contributed by atoms with Gasteiger partial charge in [-0.3, -0.25) is 4.79 Å². The van der Waals surface area contributed by atoms with Crippen molar-refractivity contribution in [2.24, 2.45) is 0 Å². The van der Waals surface area contributed by atoms with Gasteiger partial charge in [-0.25, -0.2) is 0 Å². The Labute approximate surface area is 129 Å². The molecule has 1 aromatic carbocycles. The van der Waals surface area contributed by atoms with E-state index in [4.69, 9.17) is 4.74 Å². The molecule has 2 atom stereocenters. The molecule has 0 radical (unpaired) electrons. The van der Waals surface area contributed by atoms with Gasteiger partial charge in [0.15, 0.2) is 6.10 Å². The van der Waals surface area contributed by atoms with Crippen molar-refractivity contribution in [3.05, 3.63) is 28.7 Å². The van der Waals surface area contributed by atoms with E-state index in [0.29, 0.717) is 6.04 Å². The van der Waals surface area contributed by atoms with Crippen molar-refractivity contribution in [3.8, 4) is 5.75 Å². The first-order valence-corrected chi connectivity index (χ1v) is 8.13. The molecule has 3 nitrogen and oxygen atoms in total. The number of rotatable bonds is 4. The second-order valence-corrected chi connectivity index (χ2v) is 6.22. The van der Waals surface area contributed by atoms with Crippen LogP contribution in [0.1, 0.15) is 39.5 Å². The molecule has 4 heteroatoms. The monoisotopic (exact) mass is 339 g/mol. The van der Waals surface area contributed by atoms with E-state index in [1.54, 1.807) is 0 Å². The van der Waals surface area contributed by atoms with Crippen LogP contribution in [-0.2, 0) is 4.79 Å². The highest BCUT2D eigenvalue weighted by Crippen LogP contribution is 2.23. The highest BCUT2D eigenvalue weighted by atomic mass is 79.9. The number of halogens is 1. The standard InChI is InChI=1S/C16H22BrNO2/c1-3-14-8-4-5-10-18(14)16(19)12(2)20-15-9-6-7-13(17)11-15/h6-7,9,11-12,14H,3-5,8,10H2,1-2H3. The fourth-order valence-corrected chi connectivity index (χ4v) is 3.12. The summed E-state index contributed by atoms with van der Waals surface area (Å²) in [7, 11) is 0. The molecule has 0 aliphatic carbocycles. The van der Waals surface area contributed by atoms with E-state index in [1.807, 2.05) is 36.1 Å². The Bertz CT molecular complexity index is 464. The Morgan fingerprint density at radius 1 is 1.50 bits per heavy atom. The van der Waals surface area contributed by atoms with Gasteiger partial charge in [-0.05, 0) is 50.8 Å². The van der Waals surface area contributed by atoms with Crippen LogP contribution in [-0.4, -0.2) is 29.5 Å². The Kier molecular flexibility index (Phi) is 5.46. The Balaban J connectivity index is 2.00. The zero-order valence-electron chi connectivity index (χ0n) is 12.1. The number of likely N-dealkylation sites (tertiary alicyclic amines) is 1. The lowest BCUT2D eigenvalue weighted by molar-refractivity contribution is -0.141. The van der Waals surface area contributed by atoms with Crippen LogP contribution in [0.5, 0.6) is 5.75 Å². The number of carbonyl (C=O) groups excluding carboxylic acids is 1. The van der Waals surface area contributed by atoms with E-state index in [0.717, 1.165) is 36.0 Å². The fourth-order valence-electron chi connectivity index (χ4n) is 2.74. The zero-order chi connectivity index (χ0) is 14.5. The maximum atomic E-state index is 12.5. The third kappa shape index (κ3) is 3.75. The first-order chi connectivity index (χ1) is 9.61. The number of hydrogen-bond acceptors (Lipinski definition) is 2. The molecule has 1 fully saturated rings. The third-order valence-corrected chi connectivity index (χ3v) is 4.33. The van der Waals surface area contributed by atoms with Crippen LogP contribution in [0.15, 0.2) is 28.7 Å². The minimum absolute atomic E-state index is 0.108. The van der Waals surface area contributed by atoms with E-state index >= 15 is 0 Å². The fraction of sp³-hybridized carbons (Fsp3) is 0.562. The van der Waals surface area contributed by atoms with Gasteiger partial charge in [0, 0.05) is 17.1 Å². The summed E-state index contributed by atoms with van der Waals surface area (Å²) in [5, 5.41) is 0. The second kappa shape index (κ2) is 7.11. The highest BCUT2D eigenvalue weighted by molar-refractivity contribution is 9.10. The molecule has 0 saturated carbocycles. The summed E-state index contributed by atoms with van der Waals surface area (Å²) in [4.78, 5) is 14.6. The average molecular weight is 340 g/mol. The van der Waals surface area contributed by atoms with Gasteiger partial charge in [-0.2, -0.15) is 0 Å². The molecule has 0 aromatic heterocycles. The summed E-state index contributed by atoms with van der Waals surface area (Å²) in [5.41, 5.74) is 0. The summed E-state index contributed by atoms with van der Waals surface area (Å²) in [6.07, 6.45) is 4.03. The molecule has 1 saturated heterocycles. The van der Waals surface area contributed by atoms with E-state index in [2.05, 4.69) is 22.9 Å². The smallest absolute Gasteiger partial charge is 0.263 e. The van der Waals surface area contributed by atoms with Crippen LogP contribution in [0.25, 0.3) is 0 Å². The van der Waals surface area contributed by atoms with Gasteiger partial charge in [0.1, 0.15) is 5.75 Å². The van der Waals surface area contributed by atoms with E-state index in [-0.39, 0.29) is 5.91 Å². The molecule has 0 spiro atoms. The minimum atomic E-state index is -0.434. The molecule has 110 valence electrons. The molecule has 0 N–H and O–H groups in total. The van der Waals surface area contributed by atoms with Crippen LogP contribution in [0.2, 0.25) is 0 Å². The van der Waals surface area contributed by atoms with Crippen molar-refractivity contribution < 1.29 is 9.53 Å². The molecule has 1 aliphatic rings. The molecule has 0 bridgehead atoms. The van der Waals surface area contributed by atoms with Gasteiger partial charge in [0.25, 0.3) is 5.91 Å². The van der Waals surface area contributed by atoms with Crippen LogP contribution >= 0.6 is 15.9 Å². The normalized spacial score (nSPS) is 20.6. The van der Waals surface area contributed by atoms with Crippen LogP contribution < -0.4 is 4.74 Å². The van der Waals surface area contributed by atoms with Gasteiger partial charge in [0.2, 0.25) is 0 Å². The molecule has 1 aliphatic heterocycles. The van der Waals surface area contributed by atoms with E-state index < -0.39 is 6.10 Å². The molecule has 2 unspecified atom stereocenters. The summed E-state index contributed by atoms with van der Waals surface area (Å²) >= 11 is 3.41. The topological polar surface area (TPSA) is 29.5 Å². The lowest BCUT2D eigenvalue weighted by atomic mass is 9.99.